The number of nitrogens with two attached hydrogens (primary N) is 1. The number of methoxy groups -OCH3 is 1. The lowest BCUT2D eigenvalue weighted by Gasteiger charge is -2.07. The normalized spacial score (nSPS) is 9.40. The summed E-state index contributed by atoms with van der Waals surface area (Å²) in [5.74, 6) is 0.478. The van der Waals surface area contributed by atoms with Gasteiger partial charge in [-0.2, -0.15) is 0 Å². The molecule has 0 radical (unpaired) electrons. The molecule has 1 rings (SSSR count). The van der Waals surface area contributed by atoms with Crippen molar-refractivity contribution in [1.82, 2.24) is 0 Å². The number of carbonyl (C=O) groups is 1. The number of ether oxygens (including phenoxy) is 1. The highest BCUT2D eigenvalue weighted by Crippen LogP contribution is 2.24. The predicted octanol–water partition coefficient (Wildman–Crippen LogP) is 1.79. The Kier molecular flexibility index (Phi) is 3.74. The van der Waals surface area contributed by atoms with Gasteiger partial charge in [-0.05, 0) is 18.2 Å². The first-order valence-corrected chi connectivity index (χ1v) is 4.51. The maximum Gasteiger partial charge on any atom is 0.228 e. The van der Waals surface area contributed by atoms with Gasteiger partial charge in [0.15, 0.2) is 0 Å². The Morgan fingerprint density at radius 2 is 2.40 bits per heavy atom. The molecule has 1 aromatic carbocycles. The average molecular weight is 206 g/mol. The van der Waals surface area contributed by atoms with Gasteiger partial charge in [-0.1, -0.05) is 6.08 Å². The molecule has 0 bridgehead atoms. The van der Waals surface area contributed by atoms with Crippen LogP contribution in [-0.2, 0) is 4.79 Å². The van der Waals surface area contributed by atoms with Crippen molar-refractivity contribution in [1.29, 1.82) is 0 Å². The summed E-state index contributed by atoms with van der Waals surface area (Å²) >= 11 is 0. The van der Waals surface area contributed by atoms with E-state index in [9.17, 15) is 4.79 Å². The van der Waals surface area contributed by atoms with Crippen molar-refractivity contribution in [3.63, 3.8) is 0 Å². The number of nitrogens with one attached hydrogen (secondary N) is 1. The van der Waals surface area contributed by atoms with Gasteiger partial charge < -0.3 is 15.8 Å². The Morgan fingerprint density at radius 1 is 1.67 bits per heavy atom. The lowest BCUT2D eigenvalue weighted by molar-refractivity contribution is -0.115. The van der Waals surface area contributed by atoms with Crippen molar-refractivity contribution in [3.8, 4) is 5.75 Å². The summed E-state index contributed by atoms with van der Waals surface area (Å²) < 4.78 is 5.00. The third kappa shape index (κ3) is 3.02. The van der Waals surface area contributed by atoms with E-state index in [0.29, 0.717) is 17.1 Å². The number of carbonyl (C=O) groups excluding carboxylic acids is 1. The highest BCUT2D eigenvalue weighted by molar-refractivity contribution is 5.92. The Balaban J connectivity index is 2.75. The molecule has 0 aromatic heterocycles. The fourth-order valence-electron chi connectivity index (χ4n) is 1.16. The molecule has 1 amide bonds. The van der Waals surface area contributed by atoms with Gasteiger partial charge in [-0.3, -0.25) is 4.79 Å². The minimum atomic E-state index is -0.116. The molecule has 4 nitrogen and oxygen atoms in total. The summed E-state index contributed by atoms with van der Waals surface area (Å²) in [6, 6.07) is 5.09. The zero-order chi connectivity index (χ0) is 11.3. The molecule has 0 aliphatic heterocycles. The van der Waals surface area contributed by atoms with E-state index in [4.69, 9.17) is 10.5 Å². The lowest BCUT2D eigenvalue weighted by atomic mass is 10.2. The summed E-state index contributed by atoms with van der Waals surface area (Å²) in [7, 11) is 1.54. The minimum absolute atomic E-state index is 0.116. The van der Waals surface area contributed by atoms with Gasteiger partial charge >= 0.3 is 0 Å². The molecule has 0 unspecified atom stereocenters. The highest BCUT2D eigenvalue weighted by Gasteiger charge is 2.03. The third-order valence-corrected chi connectivity index (χ3v) is 1.84. The van der Waals surface area contributed by atoms with E-state index < -0.39 is 0 Å². The lowest BCUT2D eigenvalue weighted by Crippen LogP contribution is -2.10. The first-order valence-electron chi connectivity index (χ1n) is 4.51. The molecule has 0 saturated heterocycles. The van der Waals surface area contributed by atoms with Crippen LogP contribution in [0.3, 0.4) is 0 Å². The molecule has 0 aliphatic carbocycles. The van der Waals surface area contributed by atoms with Crippen LogP contribution in [0.25, 0.3) is 0 Å². The molecule has 0 saturated carbocycles. The third-order valence-electron chi connectivity index (χ3n) is 1.84. The second kappa shape index (κ2) is 5.05. The molecule has 80 valence electrons. The van der Waals surface area contributed by atoms with Crippen LogP contribution < -0.4 is 15.8 Å². The molecule has 0 aliphatic rings. The number of hydrogen-bond acceptors (Lipinski definition) is 3. The molecule has 1 aromatic rings. The summed E-state index contributed by atoms with van der Waals surface area (Å²) in [6.07, 6.45) is 1.83. The van der Waals surface area contributed by atoms with Gasteiger partial charge in [0.25, 0.3) is 0 Å². The van der Waals surface area contributed by atoms with Crippen LogP contribution in [-0.4, -0.2) is 13.0 Å². The average Bonchev–Trinajstić information content (AvgIpc) is 2.18. The summed E-state index contributed by atoms with van der Waals surface area (Å²) in [4.78, 5) is 11.2. The van der Waals surface area contributed by atoms with E-state index in [1.165, 1.54) is 0 Å². The Labute approximate surface area is 88.7 Å². The first-order chi connectivity index (χ1) is 7.17. The zero-order valence-corrected chi connectivity index (χ0v) is 8.62. The molecule has 3 N–H and O–H groups in total. The van der Waals surface area contributed by atoms with Gasteiger partial charge in [-0.25, -0.2) is 0 Å². The second-order valence-corrected chi connectivity index (χ2v) is 3.00. The Morgan fingerprint density at radius 3 is 2.93 bits per heavy atom. The van der Waals surface area contributed by atoms with E-state index in [0.717, 1.165) is 0 Å². The number of hydrogen-bond donors (Lipinski definition) is 2. The van der Waals surface area contributed by atoms with Gasteiger partial charge in [0, 0.05) is 12.1 Å². The van der Waals surface area contributed by atoms with Crippen molar-refractivity contribution in [2.24, 2.45) is 0 Å². The molecule has 15 heavy (non-hydrogen) atoms. The van der Waals surface area contributed by atoms with Crippen LogP contribution in [0.5, 0.6) is 5.75 Å². The van der Waals surface area contributed by atoms with Gasteiger partial charge in [0.2, 0.25) is 5.91 Å². The van der Waals surface area contributed by atoms with Crippen LogP contribution >= 0.6 is 0 Å². The van der Waals surface area contributed by atoms with Crippen molar-refractivity contribution in [2.45, 2.75) is 6.42 Å². The quantitative estimate of drug-likeness (QED) is 0.583. The van der Waals surface area contributed by atoms with Crippen molar-refractivity contribution in [2.75, 3.05) is 18.2 Å². The molecule has 0 fully saturated rings. The summed E-state index contributed by atoms with van der Waals surface area (Å²) in [5, 5.41) is 2.69. The van der Waals surface area contributed by atoms with Crippen LogP contribution in [0.2, 0.25) is 0 Å². The maximum absolute atomic E-state index is 11.2. The molecule has 0 heterocycles. The number of nitrogen functional groups attached to an aromatic ring is 1. The fourth-order valence-corrected chi connectivity index (χ4v) is 1.16. The SMILES string of the molecule is C=CCC(=O)Nc1ccc(OC)c(N)c1. The standard InChI is InChI=1S/C11H14N2O2/c1-3-4-11(14)13-8-5-6-10(15-2)9(12)7-8/h3,5-7H,1,4,12H2,2H3,(H,13,14). The maximum atomic E-state index is 11.2. The number of rotatable bonds is 4. The van der Waals surface area contributed by atoms with Crippen molar-refractivity contribution < 1.29 is 9.53 Å². The van der Waals surface area contributed by atoms with E-state index in [1.807, 2.05) is 0 Å². The van der Waals surface area contributed by atoms with Crippen LogP contribution in [0.4, 0.5) is 11.4 Å². The van der Waals surface area contributed by atoms with Crippen molar-refractivity contribution >= 4 is 17.3 Å². The zero-order valence-electron chi connectivity index (χ0n) is 8.62. The number of anilines is 2. The largest absolute Gasteiger partial charge is 0.495 e. The van der Waals surface area contributed by atoms with Crippen LogP contribution in [0.15, 0.2) is 30.9 Å². The van der Waals surface area contributed by atoms with E-state index in [1.54, 1.807) is 31.4 Å². The molecular formula is C11H14N2O2. The minimum Gasteiger partial charge on any atom is -0.495 e. The molecule has 0 atom stereocenters. The van der Waals surface area contributed by atoms with Crippen molar-refractivity contribution in [3.05, 3.63) is 30.9 Å². The number of benzene rings is 1. The van der Waals surface area contributed by atoms with E-state index >= 15 is 0 Å². The summed E-state index contributed by atoms with van der Waals surface area (Å²) in [6.45, 7) is 3.48. The topological polar surface area (TPSA) is 64.3 Å². The van der Waals surface area contributed by atoms with Gasteiger partial charge in [0.1, 0.15) is 5.75 Å². The predicted molar refractivity (Wildman–Crippen MR) is 60.9 cm³/mol. The first kappa shape index (κ1) is 11.1. The Hall–Kier alpha value is -1.97. The molecule has 0 spiro atoms. The van der Waals surface area contributed by atoms with E-state index in [-0.39, 0.29) is 12.3 Å². The highest BCUT2D eigenvalue weighted by atomic mass is 16.5. The van der Waals surface area contributed by atoms with Crippen LogP contribution in [0, 0.1) is 0 Å². The van der Waals surface area contributed by atoms with Gasteiger partial charge in [0.05, 0.1) is 12.8 Å². The Bertz CT molecular complexity index is 375. The fraction of sp³-hybridized carbons (Fsp3) is 0.182. The van der Waals surface area contributed by atoms with Crippen LogP contribution in [0.1, 0.15) is 6.42 Å². The molecular weight excluding hydrogens is 192 g/mol. The second-order valence-electron chi connectivity index (χ2n) is 3.00. The monoisotopic (exact) mass is 206 g/mol. The van der Waals surface area contributed by atoms with E-state index in [2.05, 4.69) is 11.9 Å². The smallest absolute Gasteiger partial charge is 0.228 e. The summed E-state index contributed by atoms with van der Waals surface area (Å²) in [5.41, 5.74) is 6.83. The number of amides is 1. The molecule has 4 heteroatoms. The van der Waals surface area contributed by atoms with Gasteiger partial charge in [-0.15, -0.1) is 6.58 Å².